The van der Waals surface area contributed by atoms with Crippen LogP contribution in [0.3, 0.4) is 0 Å². The summed E-state index contributed by atoms with van der Waals surface area (Å²) in [5.41, 5.74) is 7.42. The van der Waals surface area contributed by atoms with E-state index in [1.165, 1.54) is 6.42 Å². The monoisotopic (exact) mass is 181 g/mol. The van der Waals surface area contributed by atoms with Crippen molar-refractivity contribution in [3.63, 3.8) is 0 Å². The third kappa shape index (κ3) is 6.17. The fourth-order valence-corrected chi connectivity index (χ4v) is 0.781. The zero-order chi connectivity index (χ0) is 10.1. The molecule has 2 N–H and O–H groups in total. The topological polar surface area (TPSA) is 35.2 Å². The molecule has 0 saturated heterocycles. The highest BCUT2D eigenvalue weighted by atomic mass is 16.5. The molecule has 13 heavy (non-hydrogen) atoms. The maximum atomic E-state index is 5.48. The van der Waals surface area contributed by atoms with Gasteiger partial charge < -0.3 is 10.5 Å². The Balaban J connectivity index is 0.000000424. The summed E-state index contributed by atoms with van der Waals surface area (Å²) < 4.78 is 4.93. The smallest absolute Gasteiger partial charge is 0.0713 e. The average molecular weight is 181 g/mol. The lowest BCUT2D eigenvalue weighted by Gasteiger charge is -1.98. The Morgan fingerprint density at radius 1 is 1.15 bits per heavy atom. The molecule has 0 saturated carbocycles. The average Bonchev–Trinajstić information content (AvgIpc) is 2.11. The van der Waals surface area contributed by atoms with Gasteiger partial charge in [0.05, 0.1) is 6.61 Å². The first-order chi connectivity index (χ1) is 6.24. The highest BCUT2D eigenvalue weighted by molar-refractivity contribution is 5.38. The summed E-state index contributed by atoms with van der Waals surface area (Å²) >= 11 is 0. The van der Waals surface area contributed by atoms with Crippen molar-refractivity contribution in [2.24, 2.45) is 0 Å². The lowest BCUT2D eigenvalue weighted by atomic mass is 10.2. The van der Waals surface area contributed by atoms with E-state index < -0.39 is 0 Å². The largest absolute Gasteiger partial charge is 0.399 e. The van der Waals surface area contributed by atoms with E-state index in [0.717, 1.165) is 11.3 Å². The quantitative estimate of drug-likeness (QED) is 0.712. The summed E-state index contributed by atoms with van der Waals surface area (Å²) in [4.78, 5) is 0. The molecule has 0 aliphatic rings. The molecule has 0 aromatic heterocycles. The van der Waals surface area contributed by atoms with Crippen LogP contribution in [-0.4, -0.2) is 7.11 Å². The van der Waals surface area contributed by atoms with Crippen LogP contribution in [0.1, 0.15) is 25.8 Å². The summed E-state index contributed by atoms with van der Waals surface area (Å²) in [6, 6.07) is 7.65. The van der Waals surface area contributed by atoms with Crippen molar-refractivity contribution < 1.29 is 4.74 Å². The molecule has 0 heterocycles. The van der Waals surface area contributed by atoms with Crippen molar-refractivity contribution >= 4 is 5.69 Å². The second-order valence-corrected chi connectivity index (χ2v) is 2.88. The zero-order valence-electron chi connectivity index (χ0n) is 8.71. The van der Waals surface area contributed by atoms with Crippen LogP contribution < -0.4 is 5.73 Å². The number of ether oxygens (including phenoxy) is 1. The van der Waals surface area contributed by atoms with Gasteiger partial charge in [0.25, 0.3) is 0 Å². The van der Waals surface area contributed by atoms with Gasteiger partial charge in [0.15, 0.2) is 0 Å². The number of benzene rings is 1. The number of hydrogen-bond acceptors (Lipinski definition) is 2. The van der Waals surface area contributed by atoms with Crippen molar-refractivity contribution in [2.45, 2.75) is 26.9 Å². The third-order valence-corrected chi connectivity index (χ3v) is 1.29. The van der Waals surface area contributed by atoms with E-state index in [0.29, 0.717) is 6.61 Å². The number of nitrogens with two attached hydrogens (primary N) is 1. The SMILES string of the molecule is CCC.COCc1ccc(N)cc1. The Morgan fingerprint density at radius 3 is 2.00 bits per heavy atom. The Labute approximate surface area is 80.7 Å². The summed E-state index contributed by atoms with van der Waals surface area (Å²) in [5.74, 6) is 0. The standard InChI is InChI=1S/C8H11NO.C3H8/c1-10-6-7-2-4-8(9)5-3-7;1-3-2/h2-5H,6,9H2,1H3;3H2,1-2H3. The van der Waals surface area contributed by atoms with E-state index in [4.69, 9.17) is 10.5 Å². The fraction of sp³-hybridized carbons (Fsp3) is 0.455. The van der Waals surface area contributed by atoms with Crippen molar-refractivity contribution in [1.82, 2.24) is 0 Å². The molecule has 0 unspecified atom stereocenters. The number of rotatable bonds is 2. The van der Waals surface area contributed by atoms with Gasteiger partial charge in [0.2, 0.25) is 0 Å². The Morgan fingerprint density at radius 2 is 1.62 bits per heavy atom. The van der Waals surface area contributed by atoms with Crippen LogP contribution in [0.5, 0.6) is 0 Å². The molecule has 74 valence electrons. The minimum atomic E-state index is 0.653. The Kier molecular flexibility index (Phi) is 7.02. The molecule has 0 aliphatic heterocycles. The zero-order valence-corrected chi connectivity index (χ0v) is 8.71. The number of nitrogen functional groups attached to an aromatic ring is 1. The lowest BCUT2D eigenvalue weighted by Crippen LogP contribution is -1.88. The summed E-state index contributed by atoms with van der Waals surface area (Å²) in [6.07, 6.45) is 1.25. The van der Waals surface area contributed by atoms with Crippen molar-refractivity contribution in [1.29, 1.82) is 0 Å². The van der Waals surface area contributed by atoms with Crippen LogP contribution in [0.15, 0.2) is 24.3 Å². The van der Waals surface area contributed by atoms with Gasteiger partial charge in [0, 0.05) is 12.8 Å². The van der Waals surface area contributed by atoms with Crippen LogP contribution in [0, 0.1) is 0 Å². The summed E-state index contributed by atoms with van der Waals surface area (Å²) in [7, 11) is 1.68. The lowest BCUT2D eigenvalue weighted by molar-refractivity contribution is 0.185. The molecule has 1 aromatic rings. The molecule has 2 heteroatoms. The molecule has 0 fully saturated rings. The molecule has 0 amide bonds. The molecule has 1 rings (SSSR count). The highest BCUT2D eigenvalue weighted by Gasteiger charge is 1.88. The predicted octanol–water partition coefficient (Wildman–Crippen LogP) is 2.83. The van der Waals surface area contributed by atoms with Gasteiger partial charge in [-0.3, -0.25) is 0 Å². The normalized spacial score (nSPS) is 8.85. The van der Waals surface area contributed by atoms with Gasteiger partial charge in [-0.15, -0.1) is 0 Å². The van der Waals surface area contributed by atoms with Gasteiger partial charge in [-0.2, -0.15) is 0 Å². The van der Waals surface area contributed by atoms with E-state index in [-0.39, 0.29) is 0 Å². The first-order valence-corrected chi connectivity index (χ1v) is 4.57. The molecule has 1 aromatic carbocycles. The van der Waals surface area contributed by atoms with Gasteiger partial charge in [-0.05, 0) is 17.7 Å². The predicted molar refractivity (Wildman–Crippen MR) is 57.5 cm³/mol. The van der Waals surface area contributed by atoms with Crippen LogP contribution in [-0.2, 0) is 11.3 Å². The second kappa shape index (κ2) is 7.62. The summed E-state index contributed by atoms with van der Waals surface area (Å²) in [5, 5.41) is 0. The maximum Gasteiger partial charge on any atom is 0.0713 e. The van der Waals surface area contributed by atoms with E-state index in [2.05, 4.69) is 13.8 Å². The van der Waals surface area contributed by atoms with Crippen LogP contribution >= 0.6 is 0 Å². The van der Waals surface area contributed by atoms with Crippen molar-refractivity contribution in [3.05, 3.63) is 29.8 Å². The molecule has 0 radical (unpaired) electrons. The number of hydrogen-bond donors (Lipinski definition) is 1. The minimum Gasteiger partial charge on any atom is -0.399 e. The Hall–Kier alpha value is -1.02. The first-order valence-electron chi connectivity index (χ1n) is 4.57. The van der Waals surface area contributed by atoms with E-state index >= 15 is 0 Å². The maximum absolute atomic E-state index is 5.48. The molecule has 0 aliphatic carbocycles. The number of anilines is 1. The van der Waals surface area contributed by atoms with E-state index in [9.17, 15) is 0 Å². The first kappa shape index (κ1) is 12.0. The highest BCUT2D eigenvalue weighted by Crippen LogP contribution is 2.05. The van der Waals surface area contributed by atoms with Gasteiger partial charge in [-0.25, -0.2) is 0 Å². The molecular weight excluding hydrogens is 162 g/mol. The third-order valence-electron chi connectivity index (χ3n) is 1.29. The summed E-state index contributed by atoms with van der Waals surface area (Å²) in [6.45, 7) is 4.90. The van der Waals surface area contributed by atoms with Crippen LogP contribution in [0.4, 0.5) is 5.69 Å². The van der Waals surface area contributed by atoms with Gasteiger partial charge in [-0.1, -0.05) is 32.4 Å². The Bertz CT molecular complexity index is 206. The van der Waals surface area contributed by atoms with Crippen LogP contribution in [0.25, 0.3) is 0 Å². The van der Waals surface area contributed by atoms with Gasteiger partial charge >= 0.3 is 0 Å². The molecular formula is C11H19NO. The van der Waals surface area contributed by atoms with E-state index in [1.807, 2.05) is 24.3 Å². The molecule has 0 bridgehead atoms. The molecule has 0 spiro atoms. The minimum absolute atomic E-state index is 0.653. The van der Waals surface area contributed by atoms with Gasteiger partial charge in [0.1, 0.15) is 0 Å². The van der Waals surface area contributed by atoms with Crippen LogP contribution in [0.2, 0.25) is 0 Å². The fourth-order valence-electron chi connectivity index (χ4n) is 0.781. The molecule has 0 atom stereocenters. The van der Waals surface area contributed by atoms with E-state index in [1.54, 1.807) is 7.11 Å². The second-order valence-electron chi connectivity index (χ2n) is 2.88. The van der Waals surface area contributed by atoms with Crippen molar-refractivity contribution in [3.8, 4) is 0 Å². The number of methoxy groups -OCH3 is 1. The van der Waals surface area contributed by atoms with Crippen molar-refractivity contribution in [2.75, 3.05) is 12.8 Å². The molecule has 2 nitrogen and oxygen atoms in total.